The van der Waals surface area contributed by atoms with Gasteiger partial charge in [0.15, 0.2) is 0 Å². The molecule has 0 spiro atoms. The van der Waals surface area contributed by atoms with Gasteiger partial charge in [0, 0.05) is 44.7 Å². The van der Waals surface area contributed by atoms with E-state index in [-0.39, 0.29) is 0 Å². The van der Waals surface area contributed by atoms with Crippen molar-refractivity contribution in [1.82, 2.24) is 20.0 Å². The number of piperazine rings is 1. The number of benzene rings is 1. The van der Waals surface area contributed by atoms with Crippen LogP contribution in [0, 0.1) is 3.70 Å². The quantitative estimate of drug-likeness (QED) is 0.823. The number of hydrogen-bond acceptors (Lipinski definition) is 3. The average Bonchev–Trinajstić information content (AvgIpc) is 2.72. The van der Waals surface area contributed by atoms with Gasteiger partial charge in [-0.2, -0.15) is 5.10 Å². The Labute approximate surface area is 133 Å². The van der Waals surface area contributed by atoms with Crippen LogP contribution < -0.4 is 5.32 Å². The van der Waals surface area contributed by atoms with Crippen LogP contribution in [0.3, 0.4) is 0 Å². The normalized spacial score (nSPS) is 20.6. The van der Waals surface area contributed by atoms with E-state index in [0.717, 1.165) is 36.3 Å². The van der Waals surface area contributed by atoms with Crippen molar-refractivity contribution in [3.63, 3.8) is 0 Å². The smallest absolute Gasteiger partial charge is 0.131 e. The molecule has 0 unspecified atom stereocenters. The summed E-state index contributed by atoms with van der Waals surface area (Å²) < 4.78 is 3.05. The second-order valence-electron chi connectivity index (χ2n) is 5.67. The summed E-state index contributed by atoms with van der Waals surface area (Å²) >= 11 is 2.32. The van der Waals surface area contributed by atoms with Crippen molar-refractivity contribution in [3.8, 4) is 0 Å². The Morgan fingerprint density at radius 2 is 2.30 bits per heavy atom. The minimum Gasteiger partial charge on any atom is -0.312 e. The van der Waals surface area contributed by atoms with Crippen molar-refractivity contribution in [2.24, 2.45) is 7.05 Å². The number of nitrogens with one attached hydrogen (secondary N) is 1. The topological polar surface area (TPSA) is 33.1 Å². The first-order valence-electron chi connectivity index (χ1n) is 7.20. The Kier molecular flexibility index (Phi) is 4.28. The second kappa shape index (κ2) is 5.99. The summed E-state index contributed by atoms with van der Waals surface area (Å²) in [6.07, 6.45) is 1.12. The highest BCUT2D eigenvalue weighted by Gasteiger charge is 2.15. The second-order valence-corrected chi connectivity index (χ2v) is 6.69. The molecule has 2 aromatic rings. The van der Waals surface area contributed by atoms with E-state index in [1.54, 1.807) is 0 Å². The third-order valence-corrected chi connectivity index (χ3v) is 4.84. The van der Waals surface area contributed by atoms with E-state index >= 15 is 0 Å². The molecule has 1 fully saturated rings. The van der Waals surface area contributed by atoms with E-state index in [0.29, 0.717) is 6.04 Å². The van der Waals surface area contributed by atoms with Gasteiger partial charge in [-0.15, -0.1) is 0 Å². The van der Waals surface area contributed by atoms with Gasteiger partial charge in [-0.3, -0.25) is 4.68 Å². The summed E-state index contributed by atoms with van der Waals surface area (Å²) in [5.41, 5.74) is 2.63. The highest BCUT2D eigenvalue weighted by Crippen LogP contribution is 2.21. The molecule has 3 rings (SSSR count). The Morgan fingerprint density at radius 1 is 1.45 bits per heavy atom. The first-order chi connectivity index (χ1) is 9.63. The zero-order chi connectivity index (χ0) is 14.1. The molecule has 0 bridgehead atoms. The number of fused-ring (bicyclic) bond motifs is 1. The molecule has 0 amide bonds. The molecule has 20 heavy (non-hydrogen) atoms. The van der Waals surface area contributed by atoms with Crippen LogP contribution in [0.25, 0.3) is 10.9 Å². The van der Waals surface area contributed by atoms with Crippen LogP contribution in [0.2, 0.25) is 0 Å². The van der Waals surface area contributed by atoms with Gasteiger partial charge in [0.05, 0.1) is 5.52 Å². The molecule has 2 heterocycles. The lowest BCUT2D eigenvalue weighted by atomic mass is 10.1. The fourth-order valence-electron chi connectivity index (χ4n) is 2.93. The summed E-state index contributed by atoms with van der Waals surface area (Å²) in [7, 11) is 2.01. The summed E-state index contributed by atoms with van der Waals surface area (Å²) in [6, 6.07) is 7.35. The molecule has 0 radical (unpaired) electrons. The standard InChI is InChI=1S/C15H21IN4/c1-11-10-20(8-6-17-11)7-5-12-3-4-14-13(9-12)15(16)18-19(14)2/h3-4,9,11,17H,5-8,10H2,1-2H3/t11-/m0/s1. The Balaban J connectivity index is 1.70. The van der Waals surface area contributed by atoms with E-state index in [4.69, 9.17) is 0 Å². The van der Waals surface area contributed by atoms with Crippen molar-refractivity contribution in [2.45, 2.75) is 19.4 Å². The number of halogens is 1. The maximum absolute atomic E-state index is 4.48. The van der Waals surface area contributed by atoms with Crippen LogP contribution in [0.15, 0.2) is 18.2 Å². The van der Waals surface area contributed by atoms with Gasteiger partial charge in [0.1, 0.15) is 3.70 Å². The molecule has 0 saturated carbocycles. The van der Waals surface area contributed by atoms with Gasteiger partial charge < -0.3 is 10.2 Å². The molecule has 108 valence electrons. The lowest BCUT2D eigenvalue weighted by molar-refractivity contribution is 0.209. The molecule has 1 aliphatic heterocycles. The predicted octanol–water partition coefficient (Wildman–Crippen LogP) is 2.01. The van der Waals surface area contributed by atoms with Gasteiger partial charge in [-0.25, -0.2) is 0 Å². The monoisotopic (exact) mass is 384 g/mol. The van der Waals surface area contributed by atoms with Crippen LogP contribution in [-0.2, 0) is 13.5 Å². The minimum atomic E-state index is 0.616. The van der Waals surface area contributed by atoms with Gasteiger partial charge in [-0.05, 0) is 53.6 Å². The molecule has 0 aliphatic carbocycles. The molecule has 5 heteroatoms. The molecule has 1 atom stereocenters. The van der Waals surface area contributed by atoms with E-state index in [1.807, 2.05) is 11.7 Å². The zero-order valence-corrected chi connectivity index (χ0v) is 14.2. The summed E-state index contributed by atoms with van der Waals surface area (Å²) in [4.78, 5) is 2.56. The average molecular weight is 384 g/mol. The van der Waals surface area contributed by atoms with Crippen molar-refractivity contribution in [2.75, 3.05) is 26.2 Å². The first kappa shape index (κ1) is 14.3. The molecular formula is C15H21IN4. The van der Waals surface area contributed by atoms with Gasteiger partial charge in [0.25, 0.3) is 0 Å². The summed E-state index contributed by atoms with van der Waals surface area (Å²) in [5, 5.41) is 9.24. The molecule has 1 aliphatic rings. The van der Waals surface area contributed by atoms with Crippen molar-refractivity contribution >= 4 is 33.5 Å². The van der Waals surface area contributed by atoms with E-state index < -0.39 is 0 Å². The number of aryl methyl sites for hydroxylation is 1. The Hall–Kier alpha value is -0.660. The minimum absolute atomic E-state index is 0.616. The first-order valence-corrected chi connectivity index (χ1v) is 8.28. The molecule has 1 saturated heterocycles. The van der Waals surface area contributed by atoms with Crippen LogP contribution >= 0.6 is 22.6 Å². The Bertz CT molecular complexity index is 607. The highest BCUT2D eigenvalue weighted by atomic mass is 127. The highest BCUT2D eigenvalue weighted by molar-refractivity contribution is 14.1. The Morgan fingerprint density at radius 3 is 3.10 bits per heavy atom. The number of nitrogens with zero attached hydrogens (tertiary/aromatic N) is 3. The summed E-state index contributed by atoms with van der Waals surface area (Å²) in [5.74, 6) is 0. The van der Waals surface area contributed by atoms with Gasteiger partial charge in [0.2, 0.25) is 0 Å². The van der Waals surface area contributed by atoms with E-state index in [2.05, 4.69) is 63.0 Å². The molecular weight excluding hydrogens is 363 g/mol. The van der Waals surface area contributed by atoms with Crippen molar-refractivity contribution in [1.29, 1.82) is 0 Å². The van der Waals surface area contributed by atoms with Crippen molar-refractivity contribution in [3.05, 3.63) is 27.5 Å². The predicted molar refractivity (Wildman–Crippen MR) is 91.0 cm³/mol. The summed E-state index contributed by atoms with van der Waals surface area (Å²) in [6.45, 7) is 6.84. The largest absolute Gasteiger partial charge is 0.312 e. The van der Waals surface area contributed by atoms with E-state index in [1.165, 1.54) is 16.5 Å². The SMILES string of the molecule is C[C@H]1CN(CCc2ccc3c(c2)c(I)nn3C)CCN1. The van der Waals surface area contributed by atoms with Gasteiger partial charge in [-0.1, -0.05) is 6.07 Å². The third kappa shape index (κ3) is 2.99. The lowest BCUT2D eigenvalue weighted by Crippen LogP contribution is -2.49. The lowest BCUT2D eigenvalue weighted by Gasteiger charge is -2.31. The van der Waals surface area contributed by atoms with Crippen LogP contribution in [0.4, 0.5) is 0 Å². The van der Waals surface area contributed by atoms with E-state index in [9.17, 15) is 0 Å². The number of hydrogen-bond donors (Lipinski definition) is 1. The fourth-order valence-corrected chi connectivity index (χ4v) is 3.68. The van der Waals surface area contributed by atoms with Gasteiger partial charge >= 0.3 is 0 Å². The van der Waals surface area contributed by atoms with Crippen LogP contribution in [-0.4, -0.2) is 46.9 Å². The van der Waals surface area contributed by atoms with Crippen molar-refractivity contribution < 1.29 is 0 Å². The molecule has 1 aromatic heterocycles. The van der Waals surface area contributed by atoms with Crippen LogP contribution in [0.5, 0.6) is 0 Å². The van der Waals surface area contributed by atoms with Crippen LogP contribution in [0.1, 0.15) is 12.5 Å². The molecule has 1 aromatic carbocycles. The molecule has 4 nitrogen and oxygen atoms in total. The maximum atomic E-state index is 4.48. The number of aromatic nitrogens is 2. The fraction of sp³-hybridized carbons (Fsp3) is 0.533. The molecule has 1 N–H and O–H groups in total. The maximum Gasteiger partial charge on any atom is 0.131 e. The zero-order valence-electron chi connectivity index (χ0n) is 12.1. The number of rotatable bonds is 3. The third-order valence-electron chi connectivity index (χ3n) is 4.04.